The van der Waals surface area contributed by atoms with Crippen LogP contribution in [0.5, 0.6) is 0 Å². The van der Waals surface area contributed by atoms with Crippen molar-refractivity contribution in [3.05, 3.63) is 28.8 Å². The highest BCUT2D eigenvalue weighted by Crippen LogP contribution is 2.24. The first-order valence-corrected chi connectivity index (χ1v) is 11.3. The monoisotopic (exact) mass is 410 g/mol. The number of halogens is 1. The third-order valence-corrected chi connectivity index (χ3v) is 7.01. The lowest BCUT2D eigenvalue weighted by Crippen LogP contribution is -2.40. The summed E-state index contributed by atoms with van der Waals surface area (Å²) < 4.78 is 50.2. The van der Waals surface area contributed by atoms with Crippen molar-refractivity contribution >= 4 is 37.4 Å². The number of rotatable bonds is 7. The summed E-state index contributed by atoms with van der Waals surface area (Å²) in [6.45, 7) is 6.52. The van der Waals surface area contributed by atoms with E-state index in [-0.39, 0.29) is 33.5 Å². The molecule has 7 nitrogen and oxygen atoms in total. The van der Waals surface area contributed by atoms with E-state index in [4.69, 9.17) is 11.6 Å². The van der Waals surface area contributed by atoms with Gasteiger partial charge in [-0.25, -0.2) is 21.6 Å². The van der Waals surface area contributed by atoms with Gasteiger partial charge < -0.3 is 5.32 Å². The maximum absolute atomic E-state index is 12.4. The summed E-state index contributed by atoms with van der Waals surface area (Å²) >= 11 is 5.97. The number of carbonyl (C=O) groups is 1. The fourth-order valence-corrected chi connectivity index (χ4v) is 4.52. The van der Waals surface area contributed by atoms with Crippen LogP contribution in [-0.2, 0) is 19.9 Å². The van der Waals surface area contributed by atoms with Gasteiger partial charge in [-0.05, 0) is 39.0 Å². The Balaban J connectivity index is 2.99. The molecule has 0 saturated carbocycles. The van der Waals surface area contributed by atoms with Crippen molar-refractivity contribution in [2.75, 3.05) is 18.1 Å². The minimum Gasteiger partial charge on any atom is -0.351 e. The van der Waals surface area contributed by atoms with Gasteiger partial charge >= 0.3 is 0 Å². The van der Waals surface area contributed by atoms with E-state index in [9.17, 15) is 21.6 Å². The van der Waals surface area contributed by atoms with Crippen molar-refractivity contribution in [1.82, 2.24) is 10.0 Å². The number of amides is 1. The maximum Gasteiger partial charge on any atom is 0.251 e. The molecule has 142 valence electrons. The minimum atomic E-state index is -3.91. The van der Waals surface area contributed by atoms with Crippen molar-refractivity contribution in [2.45, 2.75) is 38.1 Å². The van der Waals surface area contributed by atoms with Gasteiger partial charge in [-0.15, -0.1) is 0 Å². The summed E-state index contributed by atoms with van der Waals surface area (Å²) in [4.78, 5) is 11.9. The predicted octanol–water partition coefficient (Wildman–Crippen LogP) is 1.58. The topological polar surface area (TPSA) is 109 Å². The normalized spacial score (nSPS) is 12.8. The molecule has 0 fully saturated rings. The molecule has 0 aliphatic heterocycles. The lowest BCUT2D eigenvalue weighted by Gasteiger charge is -2.21. The number of sulfone groups is 1. The molecule has 0 radical (unpaired) electrons. The number of hydrogen-bond acceptors (Lipinski definition) is 5. The average Bonchev–Trinajstić information content (AvgIpc) is 2.44. The zero-order valence-electron chi connectivity index (χ0n) is 14.6. The molecule has 25 heavy (non-hydrogen) atoms. The Labute approximate surface area is 154 Å². The van der Waals surface area contributed by atoms with E-state index in [0.717, 1.165) is 0 Å². The first-order chi connectivity index (χ1) is 11.3. The molecule has 0 aromatic heterocycles. The standard InChI is InChI=1S/C15H23ClN2O5S2/c1-5-24(20,21)9-8-17-14(19)11-6-7-12(16)13(10-11)25(22,23)18-15(2,3)4/h6-7,10,18H,5,8-9H2,1-4H3,(H,17,19). The Kier molecular flexibility index (Phi) is 7.03. The molecule has 1 amide bonds. The smallest absolute Gasteiger partial charge is 0.251 e. The molecule has 0 heterocycles. The highest BCUT2D eigenvalue weighted by atomic mass is 35.5. The van der Waals surface area contributed by atoms with Crippen molar-refractivity contribution in [3.63, 3.8) is 0 Å². The predicted molar refractivity (Wildman–Crippen MR) is 98.2 cm³/mol. The van der Waals surface area contributed by atoms with Crippen LogP contribution >= 0.6 is 11.6 Å². The molecule has 0 unspecified atom stereocenters. The Morgan fingerprint density at radius 2 is 1.76 bits per heavy atom. The van der Waals surface area contributed by atoms with Crippen LogP contribution in [0.2, 0.25) is 5.02 Å². The van der Waals surface area contributed by atoms with E-state index in [1.54, 1.807) is 20.8 Å². The van der Waals surface area contributed by atoms with Crippen molar-refractivity contribution < 1.29 is 21.6 Å². The van der Waals surface area contributed by atoms with Crippen LogP contribution in [0.15, 0.2) is 23.1 Å². The fourth-order valence-electron chi connectivity index (χ4n) is 1.88. The second kappa shape index (κ2) is 8.03. The highest BCUT2D eigenvalue weighted by molar-refractivity contribution is 7.91. The van der Waals surface area contributed by atoms with Gasteiger partial charge in [0.25, 0.3) is 5.91 Å². The lowest BCUT2D eigenvalue weighted by molar-refractivity contribution is 0.0956. The first kappa shape index (κ1) is 21.9. The Morgan fingerprint density at radius 3 is 2.28 bits per heavy atom. The van der Waals surface area contributed by atoms with Gasteiger partial charge in [-0.1, -0.05) is 18.5 Å². The molecular weight excluding hydrogens is 388 g/mol. The summed E-state index contributed by atoms with van der Waals surface area (Å²) in [5.74, 6) is -0.764. The zero-order chi connectivity index (χ0) is 19.5. The van der Waals surface area contributed by atoms with Gasteiger partial charge in [0.15, 0.2) is 9.84 Å². The van der Waals surface area contributed by atoms with Crippen LogP contribution in [0.4, 0.5) is 0 Å². The molecule has 0 spiro atoms. The summed E-state index contributed by atoms with van der Waals surface area (Å²) in [6.07, 6.45) is 0. The van der Waals surface area contributed by atoms with E-state index in [1.165, 1.54) is 25.1 Å². The van der Waals surface area contributed by atoms with Crippen LogP contribution in [-0.4, -0.2) is 46.3 Å². The molecule has 10 heteroatoms. The van der Waals surface area contributed by atoms with Gasteiger partial charge in [-0.3, -0.25) is 4.79 Å². The number of benzene rings is 1. The summed E-state index contributed by atoms with van der Waals surface area (Å²) in [6, 6.07) is 3.86. The first-order valence-electron chi connectivity index (χ1n) is 7.59. The summed E-state index contributed by atoms with van der Waals surface area (Å²) in [5, 5.41) is 2.45. The summed E-state index contributed by atoms with van der Waals surface area (Å²) in [5.41, 5.74) is -0.637. The molecule has 0 saturated heterocycles. The quantitative estimate of drug-likeness (QED) is 0.709. The Bertz CT molecular complexity index is 843. The van der Waals surface area contributed by atoms with Crippen molar-refractivity contribution in [1.29, 1.82) is 0 Å². The Morgan fingerprint density at radius 1 is 1.16 bits per heavy atom. The highest BCUT2D eigenvalue weighted by Gasteiger charge is 2.25. The van der Waals surface area contributed by atoms with E-state index in [0.29, 0.717) is 0 Å². The van der Waals surface area contributed by atoms with Crippen LogP contribution in [0.25, 0.3) is 0 Å². The van der Waals surface area contributed by atoms with Crippen LogP contribution in [0.3, 0.4) is 0 Å². The van der Waals surface area contributed by atoms with E-state index < -0.39 is 31.3 Å². The maximum atomic E-state index is 12.4. The van der Waals surface area contributed by atoms with E-state index in [2.05, 4.69) is 10.0 Å². The van der Waals surface area contributed by atoms with Gasteiger partial charge in [-0.2, -0.15) is 0 Å². The molecule has 2 N–H and O–H groups in total. The van der Waals surface area contributed by atoms with Gasteiger partial charge in [0, 0.05) is 23.4 Å². The number of sulfonamides is 1. The second-order valence-electron chi connectivity index (χ2n) is 6.49. The van der Waals surface area contributed by atoms with Crippen molar-refractivity contribution in [2.24, 2.45) is 0 Å². The van der Waals surface area contributed by atoms with Crippen LogP contribution in [0.1, 0.15) is 38.1 Å². The molecule has 0 atom stereocenters. The third kappa shape index (κ3) is 6.93. The van der Waals surface area contributed by atoms with Crippen LogP contribution in [0, 0.1) is 0 Å². The third-order valence-electron chi connectivity index (χ3n) is 3.06. The molecule has 0 aliphatic carbocycles. The molecule has 1 aromatic rings. The number of hydrogen-bond donors (Lipinski definition) is 2. The minimum absolute atomic E-state index is 0.00925. The average molecular weight is 411 g/mol. The molecular formula is C15H23ClN2O5S2. The lowest BCUT2D eigenvalue weighted by atomic mass is 10.1. The zero-order valence-corrected chi connectivity index (χ0v) is 17.0. The van der Waals surface area contributed by atoms with Gasteiger partial charge in [0.1, 0.15) is 4.90 Å². The van der Waals surface area contributed by atoms with Crippen LogP contribution < -0.4 is 10.0 Å². The second-order valence-corrected chi connectivity index (χ2v) is 11.0. The summed E-state index contributed by atoms with van der Waals surface area (Å²) in [7, 11) is -7.11. The largest absolute Gasteiger partial charge is 0.351 e. The van der Waals surface area contributed by atoms with Gasteiger partial charge in [0.2, 0.25) is 10.0 Å². The SMILES string of the molecule is CCS(=O)(=O)CCNC(=O)c1ccc(Cl)c(S(=O)(=O)NC(C)(C)C)c1. The molecule has 0 bridgehead atoms. The molecule has 0 aliphatic rings. The number of nitrogens with one attached hydrogen (secondary N) is 2. The van der Waals surface area contributed by atoms with E-state index >= 15 is 0 Å². The van der Waals surface area contributed by atoms with Crippen molar-refractivity contribution in [3.8, 4) is 0 Å². The molecule has 1 aromatic carbocycles. The Hall–Kier alpha value is -1.16. The molecule has 1 rings (SSSR count). The number of carbonyl (C=O) groups excluding carboxylic acids is 1. The van der Waals surface area contributed by atoms with Gasteiger partial charge in [0.05, 0.1) is 10.8 Å². The van der Waals surface area contributed by atoms with E-state index in [1.807, 2.05) is 0 Å². The fraction of sp³-hybridized carbons (Fsp3) is 0.533.